The van der Waals surface area contributed by atoms with Crippen molar-refractivity contribution in [3.63, 3.8) is 0 Å². The molecule has 186 valence electrons. The van der Waals surface area contributed by atoms with Crippen LogP contribution >= 0.6 is 0 Å². The topological polar surface area (TPSA) is 104 Å². The van der Waals surface area contributed by atoms with Crippen molar-refractivity contribution in [3.8, 4) is 11.1 Å². The largest absolute Gasteiger partial charge is 0.444 e. The van der Waals surface area contributed by atoms with E-state index in [0.717, 1.165) is 53.5 Å². The van der Waals surface area contributed by atoms with Crippen LogP contribution in [-0.2, 0) is 18.8 Å². The van der Waals surface area contributed by atoms with Gasteiger partial charge < -0.3 is 19.9 Å². The summed E-state index contributed by atoms with van der Waals surface area (Å²) in [4.78, 5) is 24.0. The van der Waals surface area contributed by atoms with Crippen LogP contribution in [0.25, 0.3) is 22.2 Å². The second-order valence-electron chi connectivity index (χ2n) is 11.0. The fourth-order valence-electron chi connectivity index (χ4n) is 5.90. The number of piperidine rings is 1. The molecule has 2 unspecified atom stereocenters. The molecule has 5 rings (SSSR count). The standard InChI is InChI=1S/C26H35N7O2/c1-25(2,3)35-24(34)33-12-11-26(9-7-6-8-10-26)18(15-33)21-19(17-13-30-31(4)14-17)20-22(27)28-16-29-23(20)32(21)5/h6-7,13-14,16,18H,8-12,15H2,1-5H3,(H2,27,28,29). The molecule has 35 heavy (non-hydrogen) atoms. The van der Waals surface area contributed by atoms with Crippen LogP contribution in [0.4, 0.5) is 10.6 Å². The zero-order valence-corrected chi connectivity index (χ0v) is 21.3. The van der Waals surface area contributed by atoms with Crippen molar-refractivity contribution in [2.24, 2.45) is 19.5 Å². The van der Waals surface area contributed by atoms with Crippen LogP contribution in [0, 0.1) is 5.41 Å². The summed E-state index contributed by atoms with van der Waals surface area (Å²) < 4.78 is 9.72. The predicted molar refractivity (Wildman–Crippen MR) is 136 cm³/mol. The van der Waals surface area contributed by atoms with Gasteiger partial charge in [-0.2, -0.15) is 5.10 Å². The van der Waals surface area contributed by atoms with E-state index in [0.29, 0.717) is 18.9 Å². The Morgan fingerprint density at radius 2 is 2.00 bits per heavy atom. The molecule has 2 aliphatic rings. The fourth-order valence-corrected chi connectivity index (χ4v) is 5.90. The average molecular weight is 478 g/mol. The quantitative estimate of drug-likeness (QED) is 0.549. The molecule has 1 amide bonds. The Morgan fingerprint density at radius 3 is 2.66 bits per heavy atom. The summed E-state index contributed by atoms with van der Waals surface area (Å²) in [6.07, 6.45) is 13.7. The van der Waals surface area contributed by atoms with E-state index >= 15 is 0 Å². The van der Waals surface area contributed by atoms with Gasteiger partial charge in [0, 0.05) is 56.1 Å². The SMILES string of the molecule is Cn1cc(-c2c(C3CN(C(=O)OC(C)(C)C)CCC34CC=CCC4)n(C)c3ncnc(N)c23)cn1. The van der Waals surface area contributed by atoms with E-state index in [2.05, 4.69) is 31.8 Å². The monoisotopic (exact) mass is 477 g/mol. The minimum Gasteiger partial charge on any atom is -0.444 e. The number of carbonyl (C=O) groups is 1. The van der Waals surface area contributed by atoms with E-state index in [4.69, 9.17) is 10.5 Å². The van der Waals surface area contributed by atoms with Crippen LogP contribution in [0.5, 0.6) is 0 Å². The number of aryl methyl sites for hydroxylation is 2. The molecule has 9 heteroatoms. The number of rotatable bonds is 2. The molecule has 1 aliphatic heterocycles. The number of anilines is 1. The number of likely N-dealkylation sites (tertiary alicyclic amines) is 1. The minimum absolute atomic E-state index is 0.0363. The number of nitrogen functional groups attached to an aromatic ring is 1. The predicted octanol–water partition coefficient (Wildman–Crippen LogP) is 4.40. The summed E-state index contributed by atoms with van der Waals surface area (Å²) in [6.45, 7) is 6.99. The number of fused-ring (bicyclic) bond motifs is 1. The highest BCUT2D eigenvalue weighted by Crippen LogP contribution is 2.54. The molecule has 1 spiro atoms. The lowest BCUT2D eigenvalue weighted by molar-refractivity contribution is 0.00134. The van der Waals surface area contributed by atoms with Gasteiger partial charge in [-0.3, -0.25) is 4.68 Å². The summed E-state index contributed by atoms with van der Waals surface area (Å²) in [5, 5.41) is 5.28. The number of nitrogens with two attached hydrogens (primary N) is 1. The van der Waals surface area contributed by atoms with Gasteiger partial charge in [-0.05, 0) is 51.9 Å². The Bertz CT molecular complexity index is 1300. The Labute approximate surface area is 206 Å². The number of ether oxygens (including phenoxy) is 1. The lowest BCUT2D eigenvalue weighted by atomic mass is 9.62. The molecule has 1 fully saturated rings. The van der Waals surface area contributed by atoms with E-state index < -0.39 is 5.60 Å². The van der Waals surface area contributed by atoms with Gasteiger partial charge in [-0.15, -0.1) is 0 Å². The van der Waals surface area contributed by atoms with Crippen LogP contribution in [-0.4, -0.2) is 54.0 Å². The van der Waals surface area contributed by atoms with Crippen LogP contribution in [0.1, 0.15) is 58.1 Å². The first-order valence-electron chi connectivity index (χ1n) is 12.3. The number of allylic oxidation sites excluding steroid dienone is 2. The Kier molecular flexibility index (Phi) is 5.61. The molecule has 9 nitrogen and oxygen atoms in total. The second-order valence-corrected chi connectivity index (χ2v) is 11.0. The number of hydrogen-bond donors (Lipinski definition) is 1. The Balaban J connectivity index is 1.70. The van der Waals surface area contributed by atoms with Crippen molar-refractivity contribution in [2.45, 2.75) is 58.0 Å². The molecule has 2 atom stereocenters. The first kappa shape index (κ1) is 23.4. The number of amides is 1. The zero-order valence-electron chi connectivity index (χ0n) is 21.3. The number of nitrogens with zero attached hydrogens (tertiary/aromatic N) is 6. The fraction of sp³-hybridized carbons (Fsp3) is 0.538. The van der Waals surface area contributed by atoms with Crippen LogP contribution in [0.15, 0.2) is 30.9 Å². The zero-order chi connectivity index (χ0) is 25.0. The van der Waals surface area contributed by atoms with Crippen molar-refractivity contribution in [3.05, 3.63) is 36.6 Å². The smallest absolute Gasteiger partial charge is 0.410 e. The van der Waals surface area contributed by atoms with Gasteiger partial charge in [-0.1, -0.05) is 12.2 Å². The normalized spacial score (nSPS) is 22.8. The van der Waals surface area contributed by atoms with E-state index in [1.165, 1.54) is 6.33 Å². The maximum Gasteiger partial charge on any atom is 0.410 e. The van der Waals surface area contributed by atoms with Crippen LogP contribution in [0.3, 0.4) is 0 Å². The maximum absolute atomic E-state index is 13.2. The molecular weight excluding hydrogens is 442 g/mol. The van der Waals surface area contributed by atoms with Gasteiger partial charge in [0.1, 0.15) is 23.4 Å². The van der Waals surface area contributed by atoms with Crippen molar-refractivity contribution in [2.75, 3.05) is 18.8 Å². The summed E-state index contributed by atoms with van der Waals surface area (Å²) >= 11 is 0. The second kappa shape index (κ2) is 8.39. The van der Waals surface area contributed by atoms with E-state index in [1.807, 2.05) is 52.2 Å². The highest BCUT2D eigenvalue weighted by atomic mass is 16.6. The van der Waals surface area contributed by atoms with Gasteiger partial charge in [0.15, 0.2) is 0 Å². The van der Waals surface area contributed by atoms with Crippen LogP contribution < -0.4 is 5.73 Å². The first-order valence-corrected chi connectivity index (χ1v) is 12.3. The third-order valence-electron chi connectivity index (χ3n) is 7.54. The van der Waals surface area contributed by atoms with E-state index in [9.17, 15) is 4.79 Å². The van der Waals surface area contributed by atoms with Gasteiger partial charge >= 0.3 is 6.09 Å². The average Bonchev–Trinajstić information content (AvgIpc) is 3.35. The van der Waals surface area contributed by atoms with Crippen molar-refractivity contribution in [1.82, 2.24) is 29.2 Å². The summed E-state index contributed by atoms with van der Waals surface area (Å²) in [5.41, 5.74) is 9.85. The summed E-state index contributed by atoms with van der Waals surface area (Å²) in [6, 6.07) is 0. The molecule has 0 bridgehead atoms. The molecule has 3 aromatic rings. The lowest BCUT2D eigenvalue weighted by Gasteiger charge is -2.49. The minimum atomic E-state index is -0.542. The van der Waals surface area contributed by atoms with Crippen molar-refractivity contribution < 1.29 is 9.53 Å². The van der Waals surface area contributed by atoms with Gasteiger partial charge in [-0.25, -0.2) is 14.8 Å². The van der Waals surface area contributed by atoms with E-state index in [1.54, 1.807) is 4.68 Å². The highest BCUT2D eigenvalue weighted by molar-refractivity contribution is 6.02. The van der Waals surface area contributed by atoms with Crippen molar-refractivity contribution in [1.29, 1.82) is 0 Å². The molecular formula is C26H35N7O2. The molecule has 0 saturated carbocycles. The van der Waals surface area contributed by atoms with Crippen LogP contribution in [0.2, 0.25) is 0 Å². The third kappa shape index (κ3) is 4.06. The number of hydrogen-bond acceptors (Lipinski definition) is 6. The van der Waals surface area contributed by atoms with Gasteiger partial charge in [0.25, 0.3) is 0 Å². The molecule has 2 N–H and O–H groups in total. The molecule has 0 aromatic carbocycles. The number of aromatic nitrogens is 5. The number of carbonyl (C=O) groups excluding carboxylic acids is 1. The third-order valence-corrected chi connectivity index (χ3v) is 7.54. The van der Waals surface area contributed by atoms with Crippen molar-refractivity contribution >= 4 is 22.9 Å². The summed E-state index contributed by atoms with van der Waals surface area (Å²) in [7, 11) is 3.95. The molecule has 0 radical (unpaired) electrons. The molecule has 1 aliphatic carbocycles. The summed E-state index contributed by atoms with van der Waals surface area (Å²) in [5.74, 6) is 0.524. The van der Waals surface area contributed by atoms with E-state index in [-0.39, 0.29) is 17.4 Å². The first-order chi connectivity index (χ1) is 16.6. The van der Waals surface area contributed by atoms with Gasteiger partial charge in [0.2, 0.25) is 0 Å². The molecule has 3 aromatic heterocycles. The highest BCUT2D eigenvalue weighted by Gasteiger charge is 2.47. The molecule has 4 heterocycles. The maximum atomic E-state index is 13.2. The molecule has 1 saturated heterocycles. The van der Waals surface area contributed by atoms with Gasteiger partial charge in [0.05, 0.1) is 11.6 Å². The lowest BCUT2D eigenvalue weighted by Crippen LogP contribution is -2.50. The Hall–Kier alpha value is -3.36. The Morgan fingerprint density at radius 1 is 1.20 bits per heavy atom.